The molecular weight excluding hydrogens is 404 g/mol. The van der Waals surface area contributed by atoms with Gasteiger partial charge < -0.3 is 15.0 Å². The summed E-state index contributed by atoms with van der Waals surface area (Å²) in [6.45, 7) is 3.35. The Morgan fingerprint density at radius 3 is 2.24 bits per heavy atom. The number of aryl methyl sites for hydroxylation is 1. The van der Waals surface area contributed by atoms with Crippen LogP contribution in [0.15, 0.2) is 78.9 Å². The van der Waals surface area contributed by atoms with Crippen LogP contribution in [0, 0.1) is 6.92 Å². The molecule has 0 bridgehead atoms. The summed E-state index contributed by atoms with van der Waals surface area (Å²) in [5.74, 6) is 0. The zero-order valence-electron chi connectivity index (χ0n) is 19.5. The van der Waals surface area contributed by atoms with Crippen LogP contribution in [0.25, 0.3) is 33.3 Å². The minimum atomic E-state index is -0.449. The van der Waals surface area contributed by atoms with Crippen molar-refractivity contribution in [2.45, 2.75) is 57.7 Å². The summed E-state index contributed by atoms with van der Waals surface area (Å²) in [7, 11) is 0. The van der Waals surface area contributed by atoms with Crippen molar-refractivity contribution in [1.82, 2.24) is 9.88 Å². The zero-order valence-corrected chi connectivity index (χ0v) is 19.5. The number of benzene rings is 3. The monoisotopic (exact) mass is 438 g/mol. The Bertz CT molecular complexity index is 1190. The second-order valence-electron chi connectivity index (χ2n) is 9.48. The van der Waals surface area contributed by atoms with E-state index in [1.165, 1.54) is 71.0 Å². The van der Waals surface area contributed by atoms with Crippen LogP contribution in [-0.2, 0) is 6.54 Å². The summed E-state index contributed by atoms with van der Waals surface area (Å²) in [5, 5.41) is 16.0. The van der Waals surface area contributed by atoms with Gasteiger partial charge in [0.2, 0.25) is 0 Å². The van der Waals surface area contributed by atoms with Gasteiger partial charge in [0.05, 0.1) is 18.3 Å². The molecule has 3 aromatic carbocycles. The van der Waals surface area contributed by atoms with Crippen LogP contribution in [0.3, 0.4) is 0 Å². The quantitative estimate of drug-likeness (QED) is 0.342. The fraction of sp³-hybridized carbons (Fsp3) is 0.333. The minimum Gasteiger partial charge on any atom is -0.390 e. The van der Waals surface area contributed by atoms with E-state index in [-0.39, 0.29) is 0 Å². The lowest BCUT2D eigenvalue weighted by Gasteiger charge is -2.25. The van der Waals surface area contributed by atoms with Crippen molar-refractivity contribution in [2.24, 2.45) is 0 Å². The van der Waals surface area contributed by atoms with E-state index >= 15 is 0 Å². The molecule has 5 rings (SSSR count). The number of aromatic nitrogens is 1. The SMILES string of the molecule is Cc1ccc2c(c1)c(-c1ccccc1)c(-c1ccccc1)n2CC(O)CNC1CCCCC1. The maximum absolute atomic E-state index is 11.1. The lowest BCUT2D eigenvalue weighted by Crippen LogP contribution is -2.38. The number of aliphatic hydroxyl groups excluding tert-OH is 1. The molecule has 1 saturated carbocycles. The summed E-state index contributed by atoms with van der Waals surface area (Å²) < 4.78 is 2.33. The average Bonchev–Trinajstić information content (AvgIpc) is 3.17. The van der Waals surface area contributed by atoms with Crippen LogP contribution in [-0.4, -0.2) is 28.4 Å². The molecule has 1 aromatic heterocycles. The third-order valence-electron chi connectivity index (χ3n) is 6.97. The van der Waals surface area contributed by atoms with Gasteiger partial charge in [0.15, 0.2) is 0 Å². The standard InChI is InChI=1S/C30H34N2O/c1-22-17-18-28-27(19-22)29(23-11-5-2-6-12-23)30(24-13-7-3-8-14-24)32(28)21-26(33)20-31-25-15-9-4-10-16-25/h2-3,5-8,11-14,17-19,25-26,31,33H,4,9-10,15-16,20-21H2,1H3. The Morgan fingerprint density at radius 2 is 1.55 bits per heavy atom. The number of nitrogens with one attached hydrogen (secondary N) is 1. The lowest BCUT2D eigenvalue weighted by molar-refractivity contribution is 0.146. The van der Waals surface area contributed by atoms with Gasteiger partial charge in [0.25, 0.3) is 0 Å². The molecule has 0 amide bonds. The van der Waals surface area contributed by atoms with Crippen molar-refractivity contribution >= 4 is 10.9 Å². The van der Waals surface area contributed by atoms with Crippen LogP contribution in [0.5, 0.6) is 0 Å². The van der Waals surface area contributed by atoms with Gasteiger partial charge in [-0.25, -0.2) is 0 Å². The topological polar surface area (TPSA) is 37.2 Å². The molecule has 1 heterocycles. The molecule has 1 atom stereocenters. The van der Waals surface area contributed by atoms with Gasteiger partial charge in [0.1, 0.15) is 0 Å². The maximum atomic E-state index is 11.1. The summed E-state index contributed by atoms with van der Waals surface area (Å²) in [6.07, 6.45) is 5.95. The Morgan fingerprint density at radius 1 is 0.879 bits per heavy atom. The zero-order chi connectivity index (χ0) is 22.6. The molecule has 0 saturated heterocycles. The van der Waals surface area contributed by atoms with Gasteiger partial charge >= 0.3 is 0 Å². The highest BCUT2D eigenvalue weighted by Gasteiger charge is 2.22. The molecule has 0 radical (unpaired) electrons. The van der Waals surface area contributed by atoms with Gasteiger partial charge in [-0.3, -0.25) is 0 Å². The summed E-state index contributed by atoms with van der Waals surface area (Å²) >= 11 is 0. The van der Waals surface area contributed by atoms with Crippen LogP contribution in [0.1, 0.15) is 37.7 Å². The molecule has 1 aliphatic rings. The first kappa shape index (κ1) is 21.9. The van der Waals surface area contributed by atoms with Crippen LogP contribution < -0.4 is 5.32 Å². The molecule has 4 aromatic rings. The Kier molecular flexibility index (Phi) is 6.61. The Hall–Kier alpha value is -2.88. The van der Waals surface area contributed by atoms with Crippen molar-refractivity contribution in [3.05, 3.63) is 84.4 Å². The van der Waals surface area contributed by atoms with E-state index in [0.717, 1.165) is 0 Å². The van der Waals surface area contributed by atoms with Gasteiger partial charge in [-0.05, 0) is 43.0 Å². The summed E-state index contributed by atoms with van der Waals surface area (Å²) in [4.78, 5) is 0. The van der Waals surface area contributed by atoms with Crippen molar-refractivity contribution in [3.63, 3.8) is 0 Å². The van der Waals surface area contributed by atoms with Gasteiger partial charge in [0, 0.05) is 29.1 Å². The van der Waals surface area contributed by atoms with E-state index in [2.05, 4.69) is 95.7 Å². The molecule has 170 valence electrons. The van der Waals surface area contributed by atoms with Crippen LogP contribution in [0.2, 0.25) is 0 Å². The van der Waals surface area contributed by atoms with Crippen LogP contribution in [0.4, 0.5) is 0 Å². The molecule has 0 spiro atoms. The number of rotatable bonds is 7. The second kappa shape index (κ2) is 9.94. The smallest absolute Gasteiger partial charge is 0.0843 e. The van der Waals surface area contributed by atoms with E-state index in [4.69, 9.17) is 0 Å². The van der Waals surface area contributed by atoms with E-state index < -0.39 is 6.10 Å². The van der Waals surface area contributed by atoms with E-state index in [1.54, 1.807) is 0 Å². The number of fused-ring (bicyclic) bond motifs is 1. The molecular formula is C30H34N2O. The van der Waals surface area contributed by atoms with Gasteiger partial charge in [-0.15, -0.1) is 0 Å². The minimum absolute atomic E-state index is 0.449. The third-order valence-corrected chi connectivity index (χ3v) is 6.97. The largest absolute Gasteiger partial charge is 0.390 e. The number of hydrogen-bond donors (Lipinski definition) is 2. The van der Waals surface area contributed by atoms with Gasteiger partial charge in [-0.2, -0.15) is 0 Å². The van der Waals surface area contributed by atoms with Crippen molar-refractivity contribution in [3.8, 4) is 22.4 Å². The summed E-state index contributed by atoms with van der Waals surface area (Å²) in [5.41, 5.74) is 7.23. The highest BCUT2D eigenvalue weighted by atomic mass is 16.3. The fourth-order valence-corrected chi connectivity index (χ4v) is 5.34. The maximum Gasteiger partial charge on any atom is 0.0843 e. The highest BCUT2D eigenvalue weighted by Crippen LogP contribution is 2.41. The van der Waals surface area contributed by atoms with E-state index in [0.29, 0.717) is 19.1 Å². The first-order valence-corrected chi connectivity index (χ1v) is 12.4. The number of nitrogens with zero attached hydrogens (tertiary/aromatic N) is 1. The number of hydrogen-bond acceptors (Lipinski definition) is 2. The normalized spacial score (nSPS) is 15.7. The molecule has 33 heavy (non-hydrogen) atoms. The van der Waals surface area contributed by atoms with Gasteiger partial charge in [-0.1, -0.05) is 91.6 Å². The highest BCUT2D eigenvalue weighted by molar-refractivity contribution is 6.04. The number of aliphatic hydroxyl groups is 1. The molecule has 3 nitrogen and oxygen atoms in total. The summed E-state index contributed by atoms with van der Waals surface area (Å²) in [6, 6.07) is 28.5. The molecule has 1 unspecified atom stereocenters. The molecule has 0 aliphatic heterocycles. The third kappa shape index (κ3) is 4.75. The van der Waals surface area contributed by atoms with Crippen molar-refractivity contribution in [2.75, 3.05) is 6.54 Å². The predicted octanol–water partition coefficient (Wildman–Crippen LogP) is 6.57. The molecule has 1 aliphatic carbocycles. The average molecular weight is 439 g/mol. The fourth-order valence-electron chi connectivity index (χ4n) is 5.34. The first-order chi connectivity index (χ1) is 16.2. The van der Waals surface area contributed by atoms with Crippen LogP contribution >= 0.6 is 0 Å². The predicted molar refractivity (Wildman–Crippen MR) is 138 cm³/mol. The van der Waals surface area contributed by atoms with Crippen molar-refractivity contribution in [1.29, 1.82) is 0 Å². The Labute approximate surface area is 197 Å². The molecule has 3 heteroatoms. The first-order valence-electron chi connectivity index (χ1n) is 12.4. The molecule has 2 N–H and O–H groups in total. The van der Waals surface area contributed by atoms with Crippen molar-refractivity contribution < 1.29 is 5.11 Å². The Balaban J connectivity index is 1.58. The lowest BCUT2D eigenvalue weighted by atomic mass is 9.95. The molecule has 1 fully saturated rings. The second-order valence-corrected chi connectivity index (χ2v) is 9.48. The van der Waals surface area contributed by atoms with E-state index in [1.807, 2.05) is 0 Å². The van der Waals surface area contributed by atoms with E-state index in [9.17, 15) is 5.11 Å².